The number of nitrogens with one attached hydrogen (secondary N) is 1. The summed E-state index contributed by atoms with van der Waals surface area (Å²) in [6.07, 6.45) is 5.83. The smallest absolute Gasteiger partial charge is 0.318 e. The van der Waals surface area contributed by atoms with Crippen molar-refractivity contribution in [1.82, 2.24) is 15.2 Å². The van der Waals surface area contributed by atoms with Gasteiger partial charge in [0.25, 0.3) is 0 Å². The number of amides is 2. The van der Waals surface area contributed by atoms with Crippen LogP contribution in [0.1, 0.15) is 23.2 Å². The molecule has 2 heterocycles. The Bertz CT molecular complexity index is 485. The van der Waals surface area contributed by atoms with Gasteiger partial charge in [-0.05, 0) is 18.4 Å². The molecular formula is C14H21N3O2S. The van der Waals surface area contributed by atoms with Gasteiger partial charge in [-0.25, -0.2) is 9.78 Å². The molecule has 1 aliphatic rings. The Kier molecular flexibility index (Phi) is 5.55. The first kappa shape index (κ1) is 15.0. The molecule has 1 aromatic heterocycles. The molecule has 110 valence electrons. The number of carbonyl (C=O) groups is 1. The van der Waals surface area contributed by atoms with E-state index in [9.17, 15) is 4.79 Å². The van der Waals surface area contributed by atoms with E-state index in [4.69, 9.17) is 4.74 Å². The number of hydrogen-bond donors (Lipinski definition) is 1. The SMILES string of the molecule is CCc1cnc(CNC(=O)N2CC=C(COC)CC2)s1. The molecule has 5 nitrogen and oxygen atoms in total. The topological polar surface area (TPSA) is 54.5 Å². The molecule has 20 heavy (non-hydrogen) atoms. The van der Waals surface area contributed by atoms with Crippen molar-refractivity contribution in [2.75, 3.05) is 26.8 Å². The lowest BCUT2D eigenvalue weighted by atomic mass is 10.1. The van der Waals surface area contributed by atoms with Gasteiger partial charge in [0.05, 0.1) is 13.2 Å². The fourth-order valence-electron chi connectivity index (χ4n) is 2.07. The number of rotatable bonds is 5. The van der Waals surface area contributed by atoms with Crippen LogP contribution in [0.2, 0.25) is 0 Å². The molecule has 0 saturated carbocycles. The summed E-state index contributed by atoms with van der Waals surface area (Å²) in [5, 5.41) is 3.89. The van der Waals surface area contributed by atoms with Crippen molar-refractivity contribution in [3.8, 4) is 0 Å². The highest BCUT2D eigenvalue weighted by atomic mass is 32.1. The van der Waals surface area contributed by atoms with Gasteiger partial charge >= 0.3 is 6.03 Å². The third-order valence-corrected chi connectivity index (χ3v) is 4.40. The van der Waals surface area contributed by atoms with E-state index >= 15 is 0 Å². The summed E-state index contributed by atoms with van der Waals surface area (Å²) in [7, 11) is 1.69. The molecule has 1 N–H and O–H groups in total. The van der Waals surface area contributed by atoms with Crippen molar-refractivity contribution in [2.45, 2.75) is 26.3 Å². The summed E-state index contributed by atoms with van der Waals surface area (Å²) in [5.41, 5.74) is 1.27. The molecule has 2 rings (SSSR count). The number of urea groups is 1. The van der Waals surface area contributed by atoms with Crippen LogP contribution in [-0.4, -0.2) is 42.7 Å². The lowest BCUT2D eigenvalue weighted by Gasteiger charge is -2.26. The van der Waals surface area contributed by atoms with E-state index in [1.54, 1.807) is 18.4 Å². The van der Waals surface area contributed by atoms with Gasteiger partial charge in [-0.15, -0.1) is 11.3 Å². The molecule has 0 aromatic carbocycles. The number of aryl methyl sites for hydroxylation is 1. The molecule has 1 aromatic rings. The maximum atomic E-state index is 12.0. The number of thiazole rings is 1. The summed E-state index contributed by atoms with van der Waals surface area (Å²) in [6, 6.07) is -0.0223. The van der Waals surface area contributed by atoms with Crippen LogP contribution in [0, 0.1) is 0 Å². The number of ether oxygens (including phenoxy) is 1. The summed E-state index contributed by atoms with van der Waals surface area (Å²) in [6.45, 7) is 4.68. The molecule has 0 unspecified atom stereocenters. The zero-order valence-corrected chi connectivity index (χ0v) is 12.8. The van der Waals surface area contributed by atoms with Gasteiger partial charge in [0.15, 0.2) is 0 Å². The maximum absolute atomic E-state index is 12.0. The molecule has 0 bridgehead atoms. The predicted octanol–water partition coefficient (Wildman–Crippen LogP) is 2.19. The molecule has 0 aliphatic carbocycles. The van der Waals surface area contributed by atoms with Crippen LogP contribution in [0.5, 0.6) is 0 Å². The van der Waals surface area contributed by atoms with E-state index < -0.39 is 0 Å². The van der Waals surface area contributed by atoms with Gasteiger partial charge in [0.1, 0.15) is 5.01 Å². The first-order valence-corrected chi connectivity index (χ1v) is 7.67. The van der Waals surface area contributed by atoms with Gasteiger partial charge in [0.2, 0.25) is 0 Å². The minimum Gasteiger partial charge on any atom is -0.380 e. The van der Waals surface area contributed by atoms with Crippen molar-refractivity contribution >= 4 is 17.4 Å². The Balaban J connectivity index is 1.78. The Labute approximate surface area is 123 Å². The van der Waals surface area contributed by atoms with Crippen molar-refractivity contribution in [3.63, 3.8) is 0 Å². The molecule has 0 atom stereocenters. The Morgan fingerprint density at radius 3 is 3.05 bits per heavy atom. The molecule has 0 fully saturated rings. The summed E-state index contributed by atoms with van der Waals surface area (Å²) < 4.78 is 5.10. The second kappa shape index (κ2) is 7.40. The summed E-state index contributed by atoms with van der Waals surface area (Å²) >= 11 is 1.66. The first-order chi connectivity index (χ1) is 9.72. The highest BCUT2D eigenvalue weighted by Crippen LogP contribution is 2.14. The molecule has 6 heteroatoms. The fourth-order valence-corrected chi connectivity index (χ4v) is 2.87. The maximum Gasteiger partial charge on any atom is 0.318 e. The molecule has 2 amide bonds. The minimum absolute atomic E-state index is 0.0223. The van der Waals surface area contributed by atoms with Crippen molar-refractivity contribution in [2.24, 2.45) is 0 Å². The third-order valence-electron chi connectivity index (χ3n) is 3.26. The Morgan fingerprint density at radius 1 is 1.60 bits per heavy atom. The number of carbonyl (C=O) groups excluding carboxylic acids is 1. The standard InChI is InChI=1S/C14H21N3O2S/c1-3-12-8-15-13(20-12)9-16-14(18)17-6-4-11(5-7-17)10-19-2/h4,8H,3,5-7,9-10H2,1-2H3,(H,16,18). The lowest BCUT2D eigenvalue weighted by Crippen LogP contribution is -2.42. The van der Waals surface area contributed by atoms with E-state index in [2.05, 4.69) is 23.3 Å². The van der Waals surface area contributed by atoms with E-state index in [-0.39, 0.29) is 6.03 Å². The monoisotopic (exact) mass is 295 g/mol. The zero-order valence-electron chi connectivity index (χ0n) is 12.0. The second-order valence-corrected chi connectivity index (χ2v) is 5.92. The largest absolute Gasteiger partial charge is 0.380 e. The van der Waals surface area contributed by atoms with Crippen LogP contribution in [0.4, 0.5) is 4.79 Å². The van der Waals surface area contributed by atoms with Crippen molar-refractivity contribution in [1.29, 1.82) is 0 Å². The highest BCUT2D eigenvalue weighted by molar-refractivity contribution is 7.11. The second-order valence-electron chi connectivity index (χ2n) is 4.72. The van der Waals surface area contributed by atoms with E-state index in [0.717, 1.165) is 24.4 Å². The Morgan fingerprint density at radius 2 is 2.45 bits per heavy atom. The van der Waals surface area contributed by atoms with E-state index in [1.807, 2.05) is 11.1 Å². The normalized spacial score (nSPS) is 15.1. The minimum atomic E-state index is -0.0223. The first-order valence-electron chi connectivity index (χ1n) is 6.86. The van der Waals surface area contributed by atoms with E-state index in [0.29, 0.717) is 19.7 Å². The number of aromatic nitrogens is 1. The van der Waals surface area contributed by atoms with E-state index in [1.165, 1.54) is 10.5 Å². The molecule has 1 aliphatic heterocycles. The molecule has 0 saturated heterocycles. The highest BCUT2D eigenvalue weighted by Gasteiger charge is 2.17. The van der Waals surface area contributed by atoms with Crippen LogP contribution >= 0.6 is 11.3 Å². The van der Waals surface area contributed by atoms with Crippen LogP contribution in [0.3, 0.4) is 0 Å². The van der Waals surface area contributed by atoms with Gasteiger partial charge in [0, 0.05) is 31.3 Å². The van der Waals surface area contributed by atoms with Gasteiger partial charge in [-0.1, -0.05) is 13.0 Å². The van der Waals surface area contributed by atoms with Crippen molar-refractivity contribution in [3.05, 3.63) is 27.7 Å². The average Bonchev–Trinajstić information content (AvgIpc) is 2.94. The third kappa shape index (κ3) is 4.05. The van der Waals surface area contributed by atoms with Gasteiger partial charge in [-0.2, -0.15) is 0 Å². The fraction of sp³-hybridized carbons (Fsp3) is 0.571. The summed E-state index contributed by atoms with van der Waals surface area (Å²) in [4.78, 5) is 19.4. The molecule has 0 spiro atoms. The van der Waals surface area contributed by atoms with Crippen LogP contribution in [0.15, 0.2) is 17.8 Å². The molecule has 0 radical (unpaired) electrons. The quantitative estimate of drug-likeness (QED) is 0.847. The molecular weight excluding hydrogens is 274 g/mol. The number of methoxy groups -OCH3 is 1. The number of nitrogens with zero attached hydrogens (tertiary/aromatic N) is 2. The van der Waals surface area contributed by atoms with Gasteiger partial charge in [-0.3, -0.25) is 0 Å². The van der Waals surface area contributed by atoms with Crippen molar-refractivity contribution < 1.29 is 9.53 Å². The summed E-state index contributed by atoms with van der Waals surface area (Å²) in [5.74, 6) is 0. The van der Waals surface area contributed by atoms with Crippen LogP contribution in [-0.2, 0) is 17.7 Å². The van der Waals surface area contributed by atoms with Crippen LogP contribution in [0.25, 0.3) is 0 Å². The van der Waals surface area contributed by atoms with Crippen LogP contribution < -0.4 is 5.32 Å². The lowest BCUT2D eigenvalue weighted by molar-refractivity contribution is 0.193. The van der Waals surface area contributed by atoms with Gasteiger partial charge < -0.3 is 15.0 Å². The number of hydrogen-bond acceptors (Lipinski definition) is 4. The Hall–Kier alpha value is -1.40. The average molecular weight is 295 g/mol. The predicted molar refractivity (Wildman–Crippen MR) is 79.9 cm³/mol. The zero-order chi connectivity index (χ0) is 14.4.